The topological polar surface area (TPSA) is 67.9 Å². The van der Waals surface area contributed by atoms with Gasteiger partial charge in [0.25, 0.3) is 0 Å². The number of benzene rings is 2. The van der Waals surface area contributed by atoms with Crippen LogP contribution in [0.5, 0.6) is 11.5 Å². The zero-order valence-corrected chi connectivity index (χ0v) is 15.3. The summed E-state index contributed by atoms with van der Waals surface area (Å²) in [6, 6.07) is 14.9. The Kier molecular flexibility index (Phi) is 7.02. The third kappa shape index (κ3) is 5.51. The van der Waals surface area contributed by atoms with E-state index in [4.69, 9.17) is 9.47 Å². The van der Waals surface area contributed by atoms with Crippen molar-refractivity contribution in [1.82, 2.24) is 4.90 Å². The normalized spacial score (nSPS) is 10.1. The molecule has 0 aliphatic rings. The first-order valence-corrected chi connectivity index (χ1v) is 8.34. The van der Waals surface area contributed by atoms with Gasteiger partial charge in [-0.25, -0.2) is 0 Å². The maximum absolute atomic E-state index is 12.3. The van der Waals surface area contributed by atoms with Crippen LogP contribution in [0.15, 0.2) is 48.5 Å². The number of nitrogens with one attached hydrogen (secondary N) is 1. The quantitative estimate of drug-likeness (QED) is 0.789. The lowest BCUT2D eigenvalue weighted by atomic mass is 10.2. The highest BCUT2D eigenvalue weighted by Crippen LogP contribution is 2.29. The molecule has 0 bridgehead atoms. The standard InChI is InChI=1S/C20H24N2O4/c1-15(23)22(14-16-7-5-4-6-8-16)12-11-20(24)21-18-10-9-17(25-2)13-19(18)26-3/h4-10,13H,11-12,14H2,1-3H3,(H,21,24). The zero-order chi connectivity index (χ0) is 18.9. The molecule has 1 N–H and O–H groups in total. The van der Waals surface area contributed by atoms with E-state index in [1.807, 2.05) is 30.3 Å². The molecular weight excluding hydrogens is 332 g/mol. The molecule has 138 valence electrons. The molecule has 0 spiro atoms. The number of amides is 2. The third-order valence-electron chi connectivity index (χ3n) is 3.95. The minimum Gasteiger partial charge on any atom is -0.497 e. The summed E-state index contributed by atoms with van der Waals surface area (Å²) in [5.41, 5.74) is 1.59. The number of methoxy groups -OCH3 is 2. The molecule has 0 saturated carbocycles. The van der Waals surface area contributed by atoms with Crippen LogP contribution in [0, 0.1) is 0 Å². The summed E-state index contributed by atoms with van der Waals surface area (Å²) < 4.78 is 10.4. The van der Waals surface area contributed by atoms with Gasteiger partial charge in [-0.15, -0.1) is 0 Å². The predicted molar refractivity (Wildman–Crippen MR) is 100 cm³/mol. The molecule has 0 aliphatic heterocycles. The Morgan fingerprint density at radius 3 is 2.38 bits per heavy atom. The van der Waals surface area contributed by atoms with Crippen molar-refractivity contribution in [1.29, 1.82) is 0 Å². The molecule has 26 heavy (non-hydrogen) atoms. The van der Waals surface area contributed by atoms with E-state index in [-0.39, 0.29) is 18.2 Å². The van der Waals surface area contributed by atoms with Crippen LogP contribution in [0.4, 0.5) is 5.69 Å². The van der Waals surface area contributed by atoms with E-state index in [2.05, 4.69) is 5.32 Å². The van der Waals surface area contributed by atoms with Gasteiger partial charge < -0.3 is 19.7 Å². The van der Waals surface area contributed by atoms with Gasteiger partial charge in [-0.1, -0.05) is 30.3 Å². The van der Waals surface area contributed by atoms with Gasteiger partial charge in [0.2, 0.25) is 11.8 Å². The lowest BCUT2D eigenvalue weighted by Gasteiger charge is -2.21. The number of carbonyl (C=O) groups excluding carboxylic acids is 2. The van der Waals surface area contributed by atoms with E-state index in [1.165, 1.54) is 14.0 Å². The Labute approximate surface area is 153 Å². The summed E-state index contributed by atoms with van der Waals surface area (Å²) in [5.74, 6) is 0.910. The Morgan fingerprint density at radius 1 is 1.04 bits per heavy atom. The highest BCUT2D eigenvalue weighted by Gasteiger charge is 2.13. The number of hydrogen-bond donors (Lipinski definition) is 1. The SMILES string of the molecule is COc1ccc(NC(=O)CCN(Cc2ccccc2)C(C)=O)c(OC)c1. The summed E-state index contributed by atoms with van der Waals surface area (Å²) in [7, 11) is 3.10. The predicted octanol–water partition coefficient (Wildman–Crippen LogP) is 3.08. The van der Waals surface area contributed by atoms with Gasteiger partial charge in [0, 0.05) is 32.5 Å². The fraction of sp³-hybridized carbons (Fsp3) is 0.300. The van der Waals surface area contributed by atoms with Gasteiger partial charge >= 0.3 is 0 Å². The first kappa shape index (κ1) is 19.3. The van der Waals surface area contributed by atoms with Gasteiger partial charge in [-0.3, -0.25) is 9.59 Å². The summed E-state index contributed by atoms with van der Waals surface area (Å²) in [6.07, 6.45) is 0.196. The Balaban J connectivity index is 1.95. The van der Waals surface area contributed by atoms with E-state index in [0.29, 0.717) is 30.3 Å². The summed E-state index contributed by atoms with van der Waals surface area (Å²) in [4.78, 5) is 25.8. The summed E-state index contributed by atoms with van der Waals surface area (Å²) >= 11 is 0. The summed E-state index contributed by atoms with van der Waals surface area (Å²) in [6.45, 7) is 2.33. The molecule has 6 nitrogen and oxygen atoms in total. The molecule has 2 aromatic carbocycles. The van der Waals surface area contributed by atoms with Crippen molar-refractivity contribution in [3.63, 3.8) is 0 Å². The van der Waals surface area contributed by atoms with Crippen LogP contribution in [0.3, 0.4) is 0 Å². The molecule has 0 saturated heterocycles. The van der Waals surface area contributed by atoms with E-state index in [1.54, 1.807) is 30.2 Å². The molecule has 0 unspecified atom stereocenters. The van der Waals surface area contributed by atoms with Crippen molar-refractivity contribution >= 4 is 17.5 Å². The number of hydrogen-bond acceptors (Lipinski definition) is 4. The Hall–Kier alpha value is -3.02. The molecule has 0 radical (unpaired) electrons. The number of anilines is 1. The Bertz CT molecular complexity index is 747. The minimum atomic E-state index is -0.187. The van der Waals surface area contributed by atoms with Crippen molar-refractivity contribution in [2.75, 3.05) is 26.1 Å². The van der Waals surface area contributed by atoms with Crippen LogP contribution in [-0.2, 0) is 16.1 Å². The monoisotopic (exact) mass is 356 g/mol. The van der Waals surface area contributed by atoms with Crippen molar-refractivity contribution in [2.45, 2.75) is 19.9 Å². The lowest BCUT2D eigenvalue weighted by molar-refractivity contribution is -0.129. The van der Waals surface area contributed by atoms with Crippen molar-refractivity contribution in [3.05, 3.63) is 54.1 Å². The molecule has 2 amide bonds. The largest absolute Gasteiger partial charge is 0.497 e. The van der Waals surface area contributed by atoms with Crippen LogP contribution in [-0.4, -0.2) is 37.5 Å². The molecule has 0 aliphatic carbocycles. The average Bonchev–Trinajstić information content (AvgIpc) is 2.66. The Morgan fingerprint density at radius 2 is 1.77 bits per heavy atom. The van der Waals surface area contributed by atoms with Gasteiger partial charge in [-0.05, 0) is 17.7 Å². The third-order valence-corrected chi connectivity index (χ3v) is 3.95. The molecule has 0 aromatic heterocycles. The smallest absolute Gasteiger partial charge is 0.226 e. The van der Waals surface area contributed by atoms with E-state index >= 15 is 0 Å². The van der Waals surface area contributed by atoms with E-state index < -0.39 is 0 Å². The fourth-order valence-corrected chi connectivity index (χ4v) is 2.50. The van der Waals surface area contributed by atoms with Crippen molar-refractivity contribution in [3.8, 4) is 11.5 Å². The lowest BCUT2D eigenvalue weighted by Crippen LogP contribution is -2.31. The zero-order valence-electron chi connectivity index (χ0n) is 15.3. The van der Waals surface area contributed by atoms with E-state index in [9.17, 15) is 9.59 Å². The molecule has 6 heteroatoms. The van der Waals surface area contributed by atoms with Crippen molar-refractivity contribution < 1.29 is 19.1 Å². The van der Waals surface area contributed by atoms with Crippen LogP contribution >= 0.6 is 0 Å². The van der Waals surface area contributed by atoms with Crippen LogP contribution in [0.25, 0.3) is 0 Å². The molecule has 2 rings (SSSR count). The minimum absolute atomic E-state index is 0.0660. The molecule has 0 fully saturated rings. The fourth-order valence-electron chi connectivity index (χ4n) is 2.50. The molecule has 0 heterocycles. The number of carbonyl (C=O) groups is 2. The van der Waals surface area contributed by atoms with Gasteiger partial charge in [-0.2, -0.15) is 0 Å². The highest BCUT2D eigenvalue weighted by molar-refractivity contribution is 5.92. The first-order valence-electron chi connectivity index (χ1n) is 8.34. The highest BCUT2D eigenvalue weighted by atomic mass is 16.5. The molecule has 2 aromatic rings. The van der Waals surface area contributed by atoms with Crippen LogP contribution < -0.4 is 14.8 Å². The second kappa shape index (κ2) is 9.46. The van der Waals surface area contributed by atoms with Crippen LogP contribution in [0.1, 0.15) is 18.9 Å². The number of nitrogens with zero attached hydrogens (tertiary/aromatic N) is 1. The van der Waals surface area contributed by atoms with Gasteiger partial charge in [0.15, 0.2) is 0 Å². The molecular formula is C20H24N2O4. The second-order valence-electron chi connectivity index (χ2n) is 5.79. The number of rotatable bonds is 8. The molecule has 0 atom stereocenters. The average molecular weight is 356 g/mol. The number of ether oxygens (including phenoxy) is 2. The first-order chi connectivity index (χ1) is 12.5. The van der Waals surface area contributed by atoms with Crippen molar-refractivity contribution in [2.24, 2.45) is 0 Å². The van der Waals surface area contributed by atoms with Gasteiger partial charge in [0.1, 0.15) is 11.5 Å². The van der Waals surface area contributed by atoms with Crippen LogP contribution in [0.2, 0.25) is 0 Å². The second-order valence-corrected chi connectivity index (χ2v) is 5.79. The maximum atomic E-state index is 12.3. The van der Waals surface area contributed by atoms with E-state index in [0.717, 1.165) is 5.56 Å². The van der Waals surface area contributed by atoms with Gasteiger partial charge in [0.05, 0.1) is 19.9 Å². The maximum Gasteiger partial charge on any atom is 0.226 e. The summed E-state index contributed by atoms with van der Waals surface area (Å²) in [5, 5.41) is 2.81.